The number of hydrogen-bond acceptors (Lipinski definition) is 6. The first kappa shape index (κ1) is 26.2. The molecule has 3 aromatic carbocycles. The zero-order valence-electron chi connectivity index (χ0n) is 21.1. The van der Waals surface area contributed by atoms with Crippen molar-refractivity contribution in [1.82, 2.24) is 4.90 Å². The molecule has 6 nitrogen and oxygen atoms in total. The van der Waals surface area contributed by atoms with Gasteiger partial charge in [-0.2, -0.15) is 8.42 Å². The largest absolute Gasteiger partial charge is 0.379 e. The van der Waals surface area contributed by atoms with Crippen LogP contribution in [0.2, 0.25) is 0 Å². The van der Waals surface area contributed by atoms with Crippen molar-refractivity contribution in [2.75, 3.05) is 24.5 Å². The van der Waals surface area contributed by atoms with Crippen LogP contribution in [0.1, 0.15) is 37.3 Å². The summed E-state index contributed by atoms with van der Waals surface area (Å²) in [6.45, 7) is 6.74. The van der Waals surface area contributed by atoms with Crippen LogP contribution in [0.4, 0.5) is 5.69 Å². The Hall–Kier alpha value is -2.87. The van der Waals surface area contributed by atoms with Crippen LogP contribution in [0.25, 0.3) is 0 Å². The van der Waals surface area contributed by atoms with E-state index < -0.39 is 16.3 Å². The Morgan fingerprint density at radius 2 is 1.69 bits per heavy atom. The number of aliphatic hydroxyl groups excluding tert-OH is 1. The molecule has 1 N–H and O–H groups in total. The van der Waals surface area contributed by atoms with Gasteiger partial charge in [0.1, 0.15) is 16.9 Å². The topological polar surface area (TPSA) is 70.1 Å². The average molecular weight is 509 g/mol. The van der Waals surface area contributed by atoms with Crippen molar-refractivity contribution < 1.29 is 17.7 Å². The maximum Gasteiger partial charge on any atom is 0.339 e. The Morgan fingerprint density at radius 1 is 1.00 bits per heavy atom. The molecule has 0 aliphatic carbocycles. The summed E-state index contributed by atoms with van der Waals surface area (Å²) in [5, 5.41) is 10.7. The molecular formula is C29H36N2O4S. The molecule has 0 radical (unpaired) electrons. The molecule has 1 atom stereocenters. The molecule has 0 amide bonds. The van der Waals surface area contributed by atoms with Crippen molar-refractivity contribution in [2.24, 2.45) is 0 Å². The fourth-order valence-corrected chi connectivity index (χ4v) is 5.69. The van der Waals surface area contributed by atoms with Crippen LogP contribution in [0.5, 0.6) is 5.75 Å². The molecule has 1 unspecified atom stereocenters. The predicted octanol–water partition coefficient (Wildman–Crippen LogP) is 5.00. The molecule has 0 bridgehead atoms. The van der Waals surface area contributed by atoms with Crippen LogP contribution < -0.4 is 9.08 Å². The summed E-state index contributed by atoms with van der Waals surface area (Å²) in [4.78, 5) is 4.76. The molecular weight excluding hydrogens is 472 g/mol. The summed E-state index contributed by atoms with van der Waals surface area (Å²) in [6.07, 6.45) is 3.00. The Balaban J connectivity index is 1.32. The second-order valence-corrected chi connectivity index (χ2v) is 11.0. The van der Waals surface area contributed by atoms with E-state index in [4.69, 9.17) is 4.18 Å². The van der Waals surface area contributed by atoms with Gasteiger partial charge in [-0.05, 0) is 74.6 Å². The van der Waals surface area contributed by atoms with E-state index in [1.807, 2.05) is 50.2 Å². The van der Waals surface area contributed by atoms with Gasteiger partial charge in [-0.3, -0.25) is 0 Å². The predicted molar refractivity (Wildman–Crippen MR) is 144 cm³/mol. The molecule has 1 heterocycles. The van der Waals surface area contributed by atoms with Crippen LogP contribution in [-0.4, -0.2) is 50.3 Å². The lowest BCUT2D eigenvalue weighted by molar-refractivity contribution is 0.130. The van der Waals surface area contributed by atoms with E-state index in [-0.39, 0.29) is 4.90 Å². The number of aryl methyl sites for hydroxylation is 1. The molecule has 7 heteroatoms. The molecule has 0 saturated carbocycles. The fourth-order valence-electron chi connectivity index (χ4n) is 4.76. The highest BCUT2D eigenvalue weighted by Crippen LogP contribution is 2.27. The van der Waals surface area contributed by atoms with E-state index in [1.165, 1.54) is 0 Å². The Labute approximate surface area is 215 Å². The van der Waals surface area contributed by atoms with E-state index in [9.17, 15) is 13.5 Å². The van der Waals surface area contributed by atoms with Gasteiger partial charge in [-0.1, -0.05) is 55.0 Å². The monoisotopic (exact) mass is 508 g/mol. The van der Waals surface area contributed by atoms with Crippen molar-refractivity contribution in [1.29, 1.82) is 0 Å². The van der Waals surface area contributed by atoms with Crippen LogP contribution in [0, 0.1) is 6.92 Å². The number of anilines is 1. The third-order valence-corrected chi connectivity index (χ3v) is 8.08. The lowest BCUT2D eigenvalue weighted by Gasteiger charge is -2.42. The van der Waals surface area contributed by atoms with Crippen molar-refractivity contribution in [2.45, 2.75) is 56.7 Å². The van der Waals surface area contributed by atoms with Gasteiger partial charge in [-0.25, -0.2) is 0 Å². The molecule has 0 aromatic heterocycles. The zero-order chi connectivity index (χ0) is 25.5. The van der Waals surface area contributed by atoms with Crippen LogP contribution in [0.15, 0.2) is 83.8 Å². The van der Waals surface area contributed by atoms with Crippen molar-refractivity contribution in [3.05, 3.63) is 90.0 Å². The van der Waals surface area contributed by atoms with E-state index in [2.05, 4.69) is 21.9 Å². The summed E-state index contributed by atoms with van der Waals surface area (Å²) >= 11 is 0. The first-order valence-corrected chi connectivity index (χ1v) is 14.1. The zero-order valence-corrected chi connectivity index (χ0v) is 21.9. The summed E-state index contributed by atoms with van der Waals surface area (Å²) in [7, 11) is -3.86. The first-order valence-electron chi connectivity index (χ1n) is 12.7. The molecule has 1 saturated heterocycles. The number of nitrogens with zero attached hydrogens (tertiary/aromatic N) is 2. The second kappa shape index (κ2) is 11.9. The number of rotatable bonds is 10. The summed E-state index contributed by atoms with van der Waals surface area (Å²) in [6, 6.07) is 24.5. The van der Waals surface area contributed by atoms with E-state index >= 15 is 0 Å². The molecule has 1 fully saturated rings. The van der Waals surface area contributed by atoms with Gasteiger partial charge >= 0.3 is 10.1 Å². The van der Waals surface area contributed by atoms with Gasteiger partial charge in [0, 0.05) is 31.4 Å². The third-order valence-electron chi connectivity index (χ3n) is 6.82. The summed E-state index contributed by atoms with van der Waals surface area (Å²) < 4.78 is 30.7. The summed E-state index contributed by atoms with van der Waals surface area (Å²) in [5.41, 5.74) is 3.11. The second-order valence-electron chi connectivity index (χ2n) is 9.45. The molecule has 4 rings (SSSR count). The van der Waals surface area contributed by atoms with Gasteiger partial charge in [0.2, 0.25) is 0 Å². The molecule has 36 heavy (non-hydrogen) atoms. The number of hydrogen-bond donors (Lipinski definition) is 1. The van der Waals surface area contributed by atoms with Crippen LogP contribution >= 0.6 is 0 Å². The minimum atomic E-state index is -3.86. The normalized spacial score (nSPS) is 16.0. The smallest absolute Gasteiger partial charge is 0.339 e. The van der Waals surface area contributed by atoms with Gasteiger partial charge in [0.05, 0.1) is 0 Å². The number of aliphatic hydroxyl groups is 1. The van der Waals surface area contributed by atoms with E-state index in [0.29, 0.717) is 18.2 Å². The minimum absolute atomic E-state index is 0.152. The van der Waals surface area contributed by atoms with E-state index in [1.54, 1.807) is 30.3 Å². The highest BCUT2D eigenvalue weighted by atomic mass is 32.2. The molecule has 1 aliphatic rings. The number of likely N-dealkylation sites (tertiary alicyclic amines) is 1. The Bertz CT molecular complexity index is 1210. The number of benzene rings is 3. The maximum atomic E-state index is 12.6. The maximum absolute atomic E-state index is 12.6. The Kier molecular flexibility index (Phi) is 8.67. The molecule has 192 valence electrons. The minimum Gasteiger partial charge on any atom is -0.379 e. The number of para-hydroxylation sites is 1. The highest BCUT2D eigenvalue weighted by molar-refractivity contribution is 7.87. The number of piperidine rings is 1. The summed E-state index contributed by atoms with van der Waals surface area (Å²) in [5.74, 6) is 0.332. The standard InChI is InChI=1S/C29H36N2O4S/c1-3-29(32)31(25-9-5-4-6-10-25)26-17-20-30(21-18-26)19-16-24-8-7-11-27(22-24)35-36(33,34)28-14-12-23(2)13-15-28/h4-15,22,26,29,32H,3,16-21H2,1-2H3. The molecule has 3 aromatic rings. The van der Waals surface area contributed by atoms with Crippen molar-refractivity contribution >= 4 is 15.8 Å². The fraction of sp³-hybridized carbons (Fsp3) is 0.379. The third kappa shape index (κ3) is 6.66. The molecule has 1 aliphatic heterocycles. The van der Waals surface area contributed by atoms with Crippen molar-refractivity contribution in [3.8, 4) is 5.75 Å². The van der Waals surface area contributed by atoms with E-state index in [0.717, 1.165) is 55.7 Å². The lowest BCUT2D eigenvalue weighted by Crippen LogP contribution is -2.49. The van der Waals surface area contributed by atoms with Gasteiger partial charge in [0.25, 0.3) is 0 Å². The average Bonchev–Trinajstić information content (AvgIpc) is 2.89. The van der Waals surface area contributed by atoms with Gasteiger partial charge < -0.3 is 19.1 Å². The van der Waals surface area contributed by atoms with Gasteiger partial charge in [0.15, 0.2) is 0 Å². The highest BCUT2D eigenvalue weighted by Gasteiger charge is 2.28. The molecule has 0 spiro atoms. The quantitative estimate of drug-likeness (QED) is 0.307. The van der Waals surface area contributed by atoms with Gasteiger partial charge in [-0.15, -0.1) is 0 Å². The lowest BCUT2D eigenvalue weighted by atomic mass is 10.0. The Morgan fingerprint density at radius 3 is 2.36 bits per heavy atom. The van der Waals surface area contributed by atoms with Crippen molar-refractivity contribution in [3.63, 3.8) is 0 Å². The van der Waals surface area contributed by atoms with Crippen LogP contribution in [0.3, 0.4) is 0 Å². The first-order chi connectivity index (χ1) is 17.4. The SMILES string of the molecule is CCC(O)N(c1ccccc1)C1CCN(CCc2cccc(OS(=O)(=O)c3ccc(C)cc3)c2)CC1. The van der Waals surface area contributed by atoms with Crippen LogP contribution in [-0.2, 0) is 16.5 Å².